The number of para-hydroxylation sites is 1. The van der Waals surface area contributed by atoms with Crippen LogP contribution in [0.3, 0.4) is 0 Å². The first-order valence-electron chi connectivity index (χ1n) is 17.8. The number of halogens is 1. The first kappa shape index (κ1) is 36.9. The number of cyclic esters (lactones) is 1. The molecule has 14 nitrogen and oxygen atoms in total. The number of carbonyl (C=O) groups excluding carboxylic acids is 4. The van der Waals surface area contributed by atoms with Gasteiger partial charge in [-0.15, -0.1) is 5.10 Å². The maximum Gasteiger partial charge on any atom is 0.313 e. The third kappa shape index (κ3) is 6.57. The molecular formula is C38H43BrN6O8. The van der Waals surface area contributed by atoms with Gasteiger partial charge in [-0.05, 0) is 36.1 Å². The maximum atomic E-state index is 15.2. The number of aliphatic hydroxyl groups is 1. The highest BCUT2D eigenvalue weighted by atomic mass is 79.9. The molecule has 3 aromatic rings. The number of rotatable bonds is 8. The van der Waals surface area contributed by atoms with Gasteiger partial charge < -0.3 is 34.4 Å². The molecular weight excluding hydrogens is 748 g/mol. The Morgan fingerprint density at radius 1 is 1.04 bits per heavy atom. The lowest BCUT2D eigenvalue weighted by Crippen LogP contribution is -2.59. The third-order valence-corrected chi connectivity index (χ3v) is 11.4. The number of aliphatic hydroxyl groups excluding tert-OH is 1. The van der Waals surface area contributed by atoms with Crippen molar-refractivity contribution in [3.63, 3.8) is 0 Å². The Morgan fingerprint density at radius 3 is 2.53 bits per heavy atom. The van der Waals surface area contributed by atoms with Crippen LogP contribution in [-0.2, 0) is 40.1 Å². The average molecular weight is 792 g/mol. The summed E-state index contributed by atoms with van der Waals surface area (Å²) < 4.78 is 20.6. The predicted octanol–water partition coefficient (Wildman–Crippen LogP) is 2.87. The van der Waals surface area contributed by atoms with E-state index >= 15 is 4.79 Å². The van der Waals surface area contributed by atoms with E-state index in [-0.39, 0.29) is 38.1 Å². The molecule has 5 bridgehead atoms. The fourth-order valence-corrected chi connectivity index (χ4v) is 8.92. The van der Waals surface area contributed by atoms with Crippen LogP contribution in [0.4, 0.5) is 0 Å². The Kier molecular flexibility index (Phi) is 10.5. The molecule has 280 valence electrons. The number of ether oxygens (including phenoxy) is 3. The van der Waals surface area contributed by atoms with Gasteiger partial charge in [-0.3, -0.25) is 19.2 Å². The summed E-state index contributed by atoms with van der Waals surface area (Å²) in [7, 11) is 1.50. The quantitative estimate of drug-likeness (QED) is 0.256. The minimum atomic E-state index is -1.56. The molecule has 0 aliphatic carbocycles. The Bertz CT molecular complexity index is 1940. The molecule has 0 radical (unpaired) electrons. The predicted molar refractivity (Wildman–Crippen MR) is 195 cm³/mol. The van der Waals surface area contributed by atoms with Crippen molar-refractivity contribution in [3.8, 4) is 0 Å². The van der Waals surface area contributed by atoms with Crippen LogP contribution in [0.25, 0.3) is 11.0 Å². The Morgan fingerprint density at radius 2 is 1.79 bits per heavy atom. The molecule has 7 rings (SSSR count). The van der Waals surface area contributed by atoms with Crippen LogP contribution < -0.4 is 5.32 Å². The van der Waals surface area contributed by atoms with Crippen molar-refractivity contribution >= 4 is 50.7 Å². The van der Waals surface area contributed by atoms with Crippen LogP contribution in [0.15, 0.2) is 77.3 Å². The van der Waals surface area contributed by atoms with Crippen LogP contribution in [0.1, 0.15) is 38.4 Å². The molecule has 4 aliphatic rings. The molecule has 2 aromatic carbocycles. The van der Waals surface area contributed by atoms with Crippen LogP contribution in [0.2, 0.25) is 0 Å². The zero-order valence-electron chi connectivity index (χ0n) is 29.7. The molecule has 53 heavy (non-hydrogen) atoms. The number of carbonyl (C=O) groups is 4. The molecule has 2 saturated heterocycles. The molecule has 1 spiro atoms. The van der Waals surface area contributed by atoms with Gasteiger partial charge in [0.15, 0.2) is 0 Å². The van der Waals surface area contributed by atoms with Gasteiger partial charge in [0, 0.05) is 24.6 Å². The van der Waals surface area contributed by atoms with Gasteiger partial charge in [0.05, 0.1) is 36.7 Å². The topological polar surface area (TPSA) is 165 Å². The second-order valence-electron chi connectivity index (χ2n) is 14.3. The number of nitrogens with zero attached hydrogens (tertiary/aromatic N) is 5. The summed E-state index contributed by atoms with van der Waals surface area (Å²) in [5.74, 6) is -4.49. The van der Waals surface area contributed by atoms with E-state index in [2.05, 4.69) is 31.6 Å². The zero-order valence-corrected chi connectivity index (χ0v) is 31.3. The number of hydrogen-bond acceptors (Lipinski definition) is 10. The molecule has 4 aliphatic heterocycles. The molecule has 0 saturated carbocycles. The first-order chi connectivity index (χ1) is 25.6. The minimum Gasteiger partial charge on any atom is -0.455 e. The highest BCUT2D eigenvalue weighted by molar-refractivity contribution is 9.11. The number of methoxy groups -OCH3 is 1. The highest BCUT2D eigenvalue weighted by Crippen LogP contribution is 2.59. The summed E-state index contributed by atoms with van der Waals surface area (Å²) in [5.41, 5.74) is 0.414. The lowest BCUT2D eigenvalue weighted by molar-refractivity contribution is -0.163. The van der Waals surface area contributed by atoms with Crippen molar-refractivity contribution in [3.05, 3.63) is 82.9 Å². The minimum absolute atomic E-state index is 0.0217. The van der Waals surface area contributed by atoms with Crippen molar-refractivity contribution in [2.45, 2.75) is 69.3 Å². The molecule has 5 heterocycles. The SMILES string of the molecule is COC[C@@H]1NC(=O)CC/C=C\CN(Cn2nnc3ccccc32)C(=O)[C@H]2N([C@@H](CO)C(C)C)C(=O)[C@@H]3[C@@H](C(=O)O[C@H]1c1ccccc1)[C@@H]1O[C@@]32C=C1Br. The summed E-state index contributed by atoms with van der Waals surface area (Å²) in [4.78, 5) is 61.0. The fourth-order valence-electron chi connectivity index (χ4n) is 8.18. The Balaban J connectivity index is 1.35. The number of amides is 3. The molecule has 0 unspecified atom stereocenters. The van der Waals surface area contributed by atoms with Gasteiger partial charge in [0.25, 0.3) is 5.91 Å². The second-order valence-corrected chi connectivity index (χ2v) is 15.2. The van der Waals surface area contributed by atoms with E-state index in [4.69, 9.17) is 14.2 Å². The molecule has 2 N–H and O–H groups in total. The first-order valence-corrected chi connectivity index (χ1v) is 18.6. The summed E-state index contributed by atoms with van der Waals surface area (Å²) in [6, 6.07) is 13.6. The van der Waals surface area contributed by atoms with Crippen LogP contribution in [0, 0.1) is 17.8 Å². The molecule has 15 heteroatoms. The van der Waals surface area contributed by atoms with E-state index in [1.165, 1.54) is 12.0 Å². The number of fused-ring (bicyclic) bond motifs is 3. The van der Waals surface area contributed by atoms with Gasteiger partial charge in [0.2, 0.25) is 11.8 Å². The molecule has 3 amide bonds. The Labute approximate surface area is 315 Å². The summed E-state index contributed by atoms with van der Waals surface area (Å²) >= 11 is 3.61. The van der Waals surface area contributed by atoms with E-state index in [0.717, 1.165) is 0 Å². The standard InChI is InChI=1S/C38H43BrN6O8/c1-22(2)28(19-46)45-34-36(49)43(21-44-27-15-10-9-14-25(27)41-42-44)17-11-5-8-16-29(47)40-26(20-51-3)32(23-12-6-4-7-13-23)52-37(50)30-31(35(45)48)38(34)18-24(39)33(30)53-38/h4-7,9-15,18,22,26,28,30-34,46H,8,16-17,19-21H2,1-3H3,(H,40,47)/b11-5-/t26-,28-,30+,31-,32-,33+,34+,38-/m0/s1. The van der Waals surface area contributed by atoms with E-state index in [0.29, 0.717) is 27.5 Å². The number of benzene rings is 2. The van der Waals surface area contributed by atoms with Crippen molar-refractivity contribution < 1.29 is 38.5 Å². The average Bonchev–Trinajstić information content (AvgIpc) is 3.87. The van der Waals surface area contributed by atoms with Crippen molar-refractivity contribution in [1.82, 2.24) is 30.1 Å². The highest BCUT2D eigenvalue weighted by Gasteiger charge is 2.75. The smallest absolute Gasteiger partial charge is 0.313 e. The van der Waals surface area contributed by atoms with E-state index < -0.39 is 72.2 Å². The van der Waals surface area contributed by atoms with Gasteiger partial charge in [-0.1, -0.05) is 89.6 Å². The van der Waals surface area contributed by atoms with Crippen LogP contribution in [0.5, 0.6) is 0 Å². The maximum absolute atomic E-state index is 15.2. The van der Waals surface area contributed by atoms with E-state index in [1.807, 2.05) is 50.3 Å². The zero-order chi connectivity index (χ0) is 37.4. The molecule has 2 fully saturated rings. The largest absolute Gasteiger partial charge is 0.455 e. The van der Waals surface area contributed by atoms with Crippen molar-refractivity contribution in [2.24, 2.45) is 17.8 Å². The summed E-state index contributed by atoms with van der Waals surface area (Å²) in [6.07, 6.45) is 3.96. The normalized spacial score (nSPS) is 30.4. The van der Waals surface area contributed by atoms with Gasteiger partial charge in [-0.2, -0.15) is 0 Å². The van der Waals surface area contributed by atoms with Crippen LogP contribution >= 0.6 is 15.9 Å². The van der Waals surface area contributed by atoms with Gasteiger partial charge in [-0.25, -0.2) is 4.68 Å². The van der Waals surface area contributed by atoms with Crippen LogP contribution in [-0.4, -0.2) is 110 Å². The Hall–Kier alpha value is -4.44. The van der Waals surface area contributed by atoms with E-state index in [9.17, 15) is 19.5 Å². The summed E-state index contributed by atoms with van der Waals surface area (Å²) in [6.45, 7) is 3.44. The van der Waals surface area contributed by atoms with Gasteiger partial charge in [0.1, 0.15) is 42.0 Å². The van der Waals surface area contributed by atoms with Crippen molar-refractivity contribution in [1.29, 1.82) is 0 Å². The third-order valence-electron chi connectivity index (χ3n) is 10.7. The number of aromatic nitrogens is 3. The summed E-state index contributed by atoms with van der Waals surface area (Å²) in [5, 5.41) is 22.3. The lowest BCUT2D eigenvalue weighted by Gasteiger charge is -2.39. The van der Waals surface area contributed by atoms with Gasteiger partial charge >= 0.3 is 5.97 Å². The number of likely N-dealkylation sites (tertiary alicyclic amines) is 1. The molecule has 8 atom stereocenters. The number of hydrogen-bond donors (Lipinski definition) is 2. The monoisotopic (exact) mass is 790 g/mol. The van der Waals surface area contributed by atoms with E-state index in [1.54, 1.807) is 46.0 Å². The number of esters is 1. The number of allylic oxidation sites excluding steroid dienone is 1. The fraction of sp³-hybridized carbons (Fsp3) is 0.474. The van der Waals surface area contributed by atoms with Crippen molar-refractivity contribution in [2.75, 3.05) is 26.9 Å². The second kappa shape index (κ2) is 15.1. The number of nitrogens with one attached hydrogen (secondary N) is 1. The lowest BCUT2D eigenvalue weighted by atomic mass is 9.74. The molecule has 1 aromatic heterocycles.